The Morgan fingerprint density at radius 2 is 2.16 bits per heavy atom. The number of nitrogens with one attached hydrogen (secondary N) is 1. The smallest absolute Gasteiger partial charge is 0.262 e. The maximum atomic E-state index is 12.2. The molecule has 1 heterocycles. The van der Waals surface area contributed by atoms with E-state index in [1.54, 1.807) is 42.6 Å². The molecule has 0 aliphatic heterocycles. The zero-order valence-electron chi connectivity index (χ0n) is 10.6. The van der Waals surface area contributed by atoms with E-state index < -0.39 is 0 Å². The fourth-order valence-corrected chi connectivity index (χ4v) is 1.68. The number of rotatable bonds is 4. The Labute approximate surface area is 111 Å². The Kier molecular flexibility index (Phi) is 3.97. The third-order valence-corrected chi connectivity index (χ3v) is 2.49. The number of nitrogen functional groups attached to an aromatic ring is 1. The molecule has 0 aliphatic carbocycles. The first kappa shape index (κ1) is 12.9. The van der Waals surface area contributed by atoms with Gasteiger partial charge in [0.2, 0.25) is 0 Å². The van der Waals surface area contributed by atoms with Gasteiger partial charge in [-0.15, -0.1) is 0 Å². The Hall–Kier alpha value is -2.56. The number of aromatic nitrogens is 1. The molecule has 1 amide bonds. The summed E-state index contributed by atoms with van der Waals surface area (Å²) in [5, 5.41) is 2.69. The molecule has 0 bridgehead atoms. The summed E-state index contributed by atoms with van der Waals surface area (Å²) in [4.78, 5) is 16.3. The second kappa shape index (κ2) is 5.86. The van der Waals surface area contributed by atoms with E-state index in [1.807, 2.05) is 6.92 Å². The summed E-state index contributed by atoms with van der Waals surface area (Å²) in [6.45, 7) is 2.32. The highest BCUT2D eigenvalue weighted by Gasteiger charge is 2.16. The van der Waals surface area contributed by atoms with Crippen LogP contribution in [0.15, 0.2) is 42.6 Å². The fourth-order valence-electron chi connectivity index (χ4n) is 1.68. The Bertz CT molecular complexity index is 570. The van der Waals surface area contributed by atoms with Gasteiger partial charge in [-0.1, -0.05) is 12.1 Å². The summed E-state index contributed by atoms with van der Waals surface area (Å²) in [5.74, 6) is 0.606. The number of benzene rings is 1. The molecule has 0 unspecified atom stereocenters. The van der Waals surface area contributed by atoms with E-state index in [2.05, 4.69) is 10.3 Å². The van der Waals surface area contributed by atoms with Crippen LogP contribution in [0.25, 0.3) is 0 Å². The Balaban J connectivity index is 2.28. The van der Waals surface area contributed by atoms with Gasteiger partial charge in [-0.05, 0) is 31.2 Å². The highest BCUT2D eigenvalue weighted by molar-refractivity contribution is 6.09. The zero-order valence-corrected chi connectivity index (χ0v) is 10.6. The van der Waals surface area contributed by atoms with Gasteiger partial charge in [0, 0.05) is 11.9 Å². The predicted octanol–water partition coefficient (Wildman–Crippen LogP) is 2.31. The first-order valence-corrected chi connectivity index (χ1v) is 5.96. The normalized spacial score (nSPS) is 9.95. The molecule has 0 saturated heterocycles. The third-order valence-electron chi connectivity index (χ3n) is 2.49. The molecule has 0 fully saturated rings. The van der Waals surface area contributed by atoms with E-state index in [0.29, 0.717) is 29.4 Å². The predicted molar refractivity (Wildman–Crippen MR) is 74.2 cm³/mol. The second-order valence-electron chi connectivity index (χ2n) is 3.82. The van der Waals surface area contributed by atoms with Crippen molar-refractivity contribution in [3.63, 3.8) is 0 Å². The van der Waals surface area contributed by atoms with Crippen LogP contribution in [-0.4, -0.2) is 17.5 Å². The number of anilines is 2. The SMILES string of the molecule is CCOc1cccc(N)c1C(=O)Nc1ccccn1. The molecule has 2 aromatic rings. The molecule has 1 aromatic carbocycles. The molecule has 0 atom stereocenters. The van der Waals surface area contributed by atoms with E-state index in [9.17, 15) is 4.79 Å². The summed E-state index contributed by atoms with van der Waals surface area (Å²) in [7, 11) is 0. The van der Waals surface area contributed by atoms with E-state index in [-0.39, 0.29) is 5.91 Å². The van der Waals surface area contributed by atoms with E-state index in [4.69, 9.17) is 10.5 Å². The van der Waals surface area contributed by atoms with Crippen molar-refractivity contribution in [2.24, 2.45) is 0 Å². The molecule has 0 saturated carbocycles. The van der Waals surface area contributed by atoms with Gasteiger partial charge in [-0.25, -0.2) is 4.98 Å². The Morgan fingerprint density at radius 1 is 1.32 bits per heavy atom. The van der Waals surface area contributed by atoms with Crippen LogP contribution < -0.4 is 15.8 Å². The van der Waals surface area contributed by atoms with Crippen LogP contribution >= 0.6 is 0 Å². The molecule has 3 N–H and O–H groups in total. The number of carbonyl (C=O) groups is 1. The van der Waals surface area contributed by atoms with Crippen molar-refractivity contribution in [2.45, 2.75) is 6.92 Å². The van der Waals surface area contributed by atoms with Gasteiger partial charge >= 0.3 is 0 Å². The van der Waals surface area contributed by atoms with Gasteiger partial charge in [0.1, 0.15) is 17.1 Å². The standard InChI is InChI=1S/C14H15N3O2/c1-2-19-11-7-5-6-10(15)13(11)14(18)17-12-8-3-4-9-16-12/h3-9H,2,15H2,1H3,(H,16,17,18). The summed E-state index contributed by atoms with van der Waals surface area (Å²) in [6.07, 6.45) is 1.60. The van der Waals surface area contributed by atoms with Crippen LogP contribution in [0.3, 0.4) is 0 Å². The van der Waals surface area contributed by atoms with Crippen molar-refractivity contribution in [2.75, 3.05) is 17.7 Å². The number of hydrogen-bond acceptors (Lipinski definition) is 4. The average Bonchev–Trinajstić information content (AvgIpc) is 2.40. The second-order valence-corrected chi connectivity index (χ2v) is 3.82. The number of amides is 1. The van der Waals surface area contributed by atoms with Crippen molar-refractivity contribution in [3.05, 3.63) is 48.2 Å². The topological polar surface area (TPSA) is 77.2 Å². The lowest BCUT2D eigenvalue weighted by molar-refractivity contribution is 0.102. The Morgan fingerprint density at radius 3 is 2.84 bits per heavy atom. The van der Waals surface area contributed by atoms with Gasteiger partial charge in [0.25, 0.3) is 5.91 Å². The molecule has 0 radical (unpaired) electrons. The minimum atomic E-state index is -0.333. The molecule has 0 spiro atoms. The number of nitrogens with two attached hydrogens (primary N) is 1. The molecule has 0 aliphatic rings. The summed E-state index contributed by atoms with van der Waals surface area (Å²) in [6, 6.07) is 10.4. The number of nitrogens with zero attached hydrogens (tertiary/aromatic N) is 1. The molecule has 5 nitrogen and oxygen atoms in total. The lowest BCUT2D eigenvalue weighted by Gasteiger charge is -2.12. The molecular formula is C14H15N3O2. The maximum Gasteiger partial charge on any atom is 0.262 e. The van der Waals surface area contributed by atoms with Crippen LogP contribution in [0.5, 0.6) is 5.75 Å². The molecule has 98 valence electrons. The molecule has 19 heavy (non-hydrogen) atoms. The van der Waals surface area contributed by atoms with Gasteiger partial charge in [0.05, 0.1) is 6.61 Å². The number of pyridine rings is 1. The molecular weight excluding hydrogens is 242 g/mol. The minimum absolute atomic E-state index is 0.329. The van der Waals surface area contributed by atoms with Crippen LogP contribution in [0, 0.1) is 0 Å². The van der Waals surface area contributed by atoms with Gasteiger partial charge < -0.3 is 15.8 Å². The summed E-state index contributed by atoms with van der Waals surface area (Å²) in [5.41, 5.74) is 6.55. The third kappa shape index (κ3) is 3.01. The lowest BCUT2D eigenvalue weighted by Crippen LogP contribution is -2.16. The maximum absolute atomic E-state index is 12.2. The van der Waals surface area contributed by atoms with Crippen LogP contribution in [-0.2, 0) is 0 Å². The van der Waals surface area contributed by atoms with Gasteiger partial charge in [0.15, 0.2) is 0 Å². The molecule has 1 aromatic heterocycles. The van der Waals surface area contributed by atoms with Crippen molar-refractivity contribution < 1.29 is 9.53 Å². The van der Waals surface area contributed by atoms with Crippen LogP contribution in [0.1, 0.15) is 17.3 Å². The zero-order chi connectivity index (χ0) is 13.7. The monoisotopic (exact) mass is 257 g/mol. The summed E-state index contributed by atoms with van der Waals surface area (Å²) < 4.78 is 5.42. The van der Waals surface area contributed by atoms with Crippen molar-refractivity contribution >= 4 is 17.4 Å². The first-order valence-electron chi connectivity index (χ1n) is 5.96. The molecule has 2 rings (SSSR count). The first-order chi connectivity index (χ1) is 9.22. The van der Waals surface area contributed by atoms with Crippen molar-refractivity contribution in [3.8, 4) is 5.75 Å². The van der Waals surface area contributed by atoms with Crippen molar-refractivity contribution in [1.82, 2.24) is 4.98 Å². The van der Waals surface area contributed by atoms with E-state index in [0.717, 1.165) is 0 Å². The van der Waals surface area contributed by atoms with Gasteiger partial charge in [-0.2, -0.15) is 0 Å². The van der Waals surface area contributed by atoms with Gasteiger partial charge in [-0.3, -0.25) is 4.79 Å². The van der Waals surface area contributed by atoms with Crippen LogP contribution in [0.4, 0.5) is 11.5 Å². The van der Waals surface area contributed by atoms with E-state index in [1.165, 1.54) is 0 Å². The number of ether oxygens (including phenoxy) is 1. The fraction of sp³-hybridized carbons (Fsp3) is 0.143. The highest BCUT2D eigenvalue weighted by Crippen LogP contribution is 2.25. The van der Waals surface area contributed by atoms with E-state index >= 15 is 0 Å². The lowest BCUT2D eigenvalue weighted by atomic mass is 10.1. The summed E-state index contributed by atoms with van der Waals surface area (Å²) >= 11 is 0. The van der Waals surface area contributed by atoms with Crippen LogP contribution in [0.2, 0.25) is 0 Å². The number of carbonyl (C=O) groups excluding carboxylic acids is 1. The largest absolute Gasteiger partial charge is 0.493 e. The van der Waals surface area contributed by atoms with Crippen molar-refractivity contribution in [1.29, 1.82) is 0 Å². The highest BCUT2D eigenvalue weighted by atomic mass is 16.5. The number of hydrogen-bond donors (Lipinski definition) is 2. The average molecular weight is 257 g/mol. The quantitative estimate of drug-likeness (QED) is 0.824. The molecule has 5 heteroatoms. The minimum Gasteiger partial charge on any atom is -0.493 e.